The number of nitriles is 4. The molecule has 0 radical (unpaired) electrons. The summed E-state index contributed by atoms with van der Waals surface area (Å²) in [6.45, 7) is 0. The molecule has 0 aliphatic carbocycles. The summed E-state index contributed by atoms with van der Waals surface area (Å²) >= 11 is 1.77. The Kier molecular flexibility index (Phi) is 6.50. The van der Waals surface area contributed by atoms with Crippen molar-refractivity contribution in [3.63, 3.8) is 0 Å². The summed E-state index contributed by atoms with van der Waals surface area (Å²) in [7, 11) is 0. The highest BCUT2D eigenvalue weighted by Crippen LogP contribution is 2.45. The zero-order valence-electron chi connectivity index (χ0n) is 27.8. The fourth-order valence-electron chi connectivity index (χ4n) is 8.15. The van der Waals surface area contributed by atoms with Crippen molar-refractivity contribution in [1.82, 2.24) is 9.13 Å². The third-order valence-electron chi connectivity index (χ3n) is 10.3. The zero-order chi connectivity index (χ0) is 35.8. The van der Waals surface area contributed by atoms with Gasteiger partial charge in [-0.3, -0.25) is 0 Å². The summed E-state index contributed by atoms with van der Waals surface area (Å²) in [5.41, 5.74) is 6.69. The minimum absolute atomic E-state index is 0.0977. The Labute approximate surface area is 306 Å². The third-order valence-corrected chi connectivity index (χ3v) is 11.4. The van der Waals surface area contributed by atoms with Crippen molar-refractivity contribution in [2.75, 3.05) is 0 Å². The van der Waals surface area contributed by atoms with Gasteiger partial charge in [0.15, 0.2) is 0 Å². The smallest absolute Gasteiger partial charge is 0.101 e. The number of aromatic nitrogens is 2. The molecular formula is C46H22N6S. The van der Waals surface area contributed by atoms with Crippen molar-refractivity contribution in [3.05, 3.63) is 156 Å². The molecule has 242 valence electrons. The van der Waals surface area contributed by atoms with Crippen molar-refractivity contribution in [2.24, 2.45) is 0 Å². The van der Waals surface area contributed by atoms with Gasteiger partial charge in [-0.05, 0) is 60.2 Å². The van der Waals surface area contributed by atoms with Crippen LogP contribution in [0.4, 0.5) is 0 Å². The predicted molar refractivity (Wildman–Crippen MR) is 212 cm³/mol. The molecule has 3 aromatic heterocycles. The van der Waals surface area contributed by atoms with E-state index in [1.165, 1.54) is 26.2 Å². The lowest BCUT2D eigenvalue weighted by Gasteiger charge is -2.19. The van der Waals surface area contributed by atoms with Crippen molar-refractivity contribution < 1.29 is 0 Å². The fraction of sp³-hybridized carbons (Fsp3) is 0. The molecule has 0 saturated carbocycles. The van der Waals surface area contributed by atoms with E-state index in [2.05, 4.69) is 77.4 Å². The van der Waals surface area contributed by atoms with Crippen LogP contribution in [-0.4, -0.2) is 9.13 Å². The Morgan fingerprint density at radius 1 is 0.434 bits per heavy atom. The third kappa shape index (κ3) is 4.15. The van der Waals surface area contributed by atoms with Crippen LogP contribution < -0.4 is 0 Å². The lowest BCUT2D eigenvalue weighted by molar-refractivity contribution is 1.15. The summed E-state index contributed by atoms with van der Waals surface area (Å²) in [4.78, 5) is 0. The predicted octanol–water partition coefficient (Wildman–Crippen LogP) is 11.4. The number of nitrogens with zero attached hydrogens (tertiary/aromatic N) is 6. The topological polar surface area (TPSA) is 105 Å². The van der Waals surface area contributed by atoms with E-state index in [0.717, 1.165) is 43.6 Å². The summed E-state index contributed by atoms with van der Waals surface area (Å²) in [6.07, 6.45) is 0. The number of benzene rings is 7. The van der Waals surface area contributed by atoms with Crippen LogP contribution in [-0.2, 0) is 0 Å². The van der Waals surface area contributed by atoms with E-state index in [0.29, 0.717) is 28.1 Å². The van der Waals surface area contributed by atoms with Gasteiger partial charge in [0.2, 0.25) is 0 Å². The molecule has 10 rings (SSSR count). The first-order chi connectivity index (χ1) is 26.1. The van der Waals surface area contributed by atoms with Gasteiger partial charge in [0.05, 0.1) is 55.7 Å². The summed E-state index contributed by atoms with van der Waals surface area (Å²) < 4.78 is 6.57. The minimum Gasteiger partial charge on any atom is -0.308 e. The summed E-state index contributed by atoms with van der Waals surface area (Å²) in [6, 6.07) is 53.2. The van der Waals surface area contributed by atoms with Crippen molar-refractivity contribution in [2.45, 2.75) is 0 Å². The first kappa shape index (κ1) is 30.2. The standard InChI is InChI=1S/C46H22N6S/c47-23-28-22-30(25-49)46(52-37-13-5-1-9-31(37)32-10-2-6-14-38(32)52)43(35(28)26-50)27-17-18-36(29(21-27)24-48)51-39-15-7-3-11-33(39)44-40(51)19-20-42-45(44)34-12-4-8-16-41(34)53-42/h1-22H. The molecule has 0 bridgehead atoms. The highest BCUT2D eigenvalue weighted by molar-refractivity contribution is 7.26. The molecule has 6 nitrogen and oxygen atoms in total. The van der Waals surface area contributed by atoms with E-state index < -0.39 is 0 Å². The van der Waals surface area contributed by atoms with Gasteiger partial charge in [-0.1, -0.05) is 78.9 Å². The van der Waals surface area contributed by atoms with E-state index >= 15 is 0 Å². The monoisotopic (exact) mass is 690 g/mol. The van der Waals surface area contributed by atoms with Crippen LogP contribution in [0.5, 0.6) is 0 Å². The number of fused-ring (bicyclic) bond motifs is 10. The Morgan fingerprint density at radius 3 is 1.70 bits per heavy atom. The highest BCUT2D eigenvalue weighted by atomic mass is 32.1. The SMILES string of the molecule is N#Cc1cc(-c2c(C#N)c(C#N)cc(C#N)c2-n2c3ccccc3c3ccccc32)ccc1-n1c2ccccc2c2c3c(ccc21)sc1ccccc13. The molecule has 0 amide bonds. The van der Waals surface area contributed by atoms with Gasteiger partial charge in [-0.25, -0.2) is 0 Å². The van der Waals surface area contributed by atoms with Crippen molar-refractivity contribution in [1.29, 1.82) is 21.0 Å². The number of hydrogen-bond acceptors (Lipinski definition) is 5. The van der Waals surface area contributed by atoms with Gasteiger partial charge in [0.25, 0.3) is 0 Å². The number of thiophene rings is 1. The fourth-order valence-corrected chi connectivity index (χ4v) is 9.26. The van der Waals surface area contributed by atoms with Crippen LogP contribution in [0.2, 0.25) is 0 Å². The second kappa shape index (κ2) is 11.4. The molecule has 0 spiro atoms. The molecule has 3 heterocycles. The van der Waals surface area contributed by atoms with Crippen LogP contribution >= 0.6 is 11.3 Å². The average Bonchev–Trinajstić information content (AvgIpc) is 3.87. The first-order valence-electron chi connectivity index (χ1n) is 16.9. The first-order valence-corrected chi connectivity index (χ1v) is 17.7. The van der Waals surface area contributed by atoms with Gasteiger partial charge < -0.3 is 9.13 Å². The normalized spacial score (nSPS) is 11.3. The molecule has 0 fully saturated rings. The van der Waals surface area contributed by atoms with Crippen molar-refractivity contribution in [3.8, 4) is 46.8 Å². The maximum Gasteiger partial charge on any atom is 0.101 e. The second-order valence-electron chi connectivity index (χ2n) is 12.9. The lowest BCUT2D eigenvalue weighted by atomic mass is 9.90. The molecular weight excluding hydrogens is 669 g/mol. The molecule has 7 aromatic carbocycles. The lowest BCUT2D eigenvalue weighted by Crippen LogP contribution is -2.06. The maximum absolute atomic E-state index is 10.8. The van der Waals surface area contributed by atoms with E-state index in [9.17, 15) is 21.0 Å². The largest absolute Gasteiger partial charge is 0.308 e. The van der Waals surface area contributed by atoms with E-state index in [4.69, 9.17) is 0 Å². The van der Waals surface area contributed by atoms with Crippen LogP contribution in [0.3, 0.4) is 0 Å². The van der Waals surface area contributed by atoms with Gasteiger partial charge in [0, 0.05) is 47.3 Å². The van der Waals surface area contributed by atoms with Crippen LogP contribution in [0.15, 0.2) is 133 Å². The Balaban J connectivity index is 1.30. The molecule has 53 heavy (non-hydrogen) atoms. The highest BCUT2D eigenvalue weighted by Gasteiger charge is 2.26. The molecule has 10 aromatic rings. The number of para-hydroxylation sites is 3. The van der Waals surface area contributed by atoms with Gasteiger partial charge >= 0.3 is 0 Å². The molecule has 0 aliphatic rings. The maximum atomic E-state index is 10.8. The Hall–Kier alpha value is -7.68. The van der Waals surface area contributed by atoms with Crippen LogP contribution in [0.1, 0.15) is 22.3 Å². The van der Waals surface area contributed by atoms with E-state index in [1.807, 2.05) is 77.4 Å². The van der Waals surface area contributed by atoms with Gasteiger partial charge in [-0.2, -0.15) is 21.0 Å². The minimum atomic E-state index is 0.0977. The molecule has 7 heteroatoms. The molecule has 0 aliphatic heterocycles. The van der Waals surface area contributed by atoms with Crippen LogP contribution in [0.25, 0.3) is 86.3 Å². The number of hydrogen-bond donors (Lipinski definition) is 0. The molecule has 0 saturated heterocycles. The Bertz CT molecular complexity index is 3350. The van der Waals surface area contributed by atoms with Crippen LogP contribution in [0, 0.1) is 45.3 Å². The summed E-state index contributed by atoms with van der Waals surface area (Å²) in [5, 5.41) is 48.9. The van der Waals surface area contributed by atoms with Gasteiger partial charge in [0.1, 0.15) is 24.3 Å². The molecule has 0 unspecified atom stereocenters. The van der Waals surface area contributed by atoms with E-state index in [1.54, 1.807) is 17.4 Å². The zero-order valence-corrected chi connectivity index (χ0v) is 28.6. The second-order valence-corrected chi connectivity index (χ2v) is 14.0. The Morgan fingerprint density at radius 2 is 1.04 bits per heavy atom. The van der Waals surface area contributed by atoms with Crippen molar-refractivity contribution >= 4 is 75.1 Å². The number of rotatable bonds is 3. The molecule has 0 atom stereocenters. The average molecular weight is 691 g/mol. The van der Waals surface area contributed by atoms with Gasteiger partial charge in [-0.15, -0.1) is 11.3 Å². The van der Waals surface area contributed by atoms with E-state index in [-0.39, 0.29) is 16.7 Å². The molecule has 0 N–H and O–H groups in total. The quantitative estimate of drug-likeness (QED) is 0.184. The summed E-state index contributed by atoms with van der Waals surface area (Å²) in [5.74, 6) is 0.